The minimum Gasteiger partial charge on any atom is -0.496 e. The summed E-state index contributed by atoms with van der Waals surface area (Å²) >= 11 is 0. The van der Waals surface area contributed by atoms with E-state index < -0.39 is 0 Å². The van der Waals surface area contributed by atoms with Crippen LogP contribution in [0.4, 0.5) is 5.82 Å². The lowest BCUT2D eigenvalue weighted by atomic mass is 9.94. The number of anilines is 1. The van der Waals surface area contributed by atoms with Crippen LogP contribution in [0.5, 0.6) is 5.75 Å². The quantitative estimate of drug-likeness (QED) is 0.655. The number of nitrogens with one attached hydrogen (secondary N) is 2. The molecule has 0 aliphatic heterocycles. The first kappa shape index (κ1) is 17.7. The maximum Gasteiger partial charge on any atom is 0.233 e. The Morgan fingerprint density at radius 3 is 2.62 bits per heavy atom. The molecule has 3 aromatic rings. The lowest BCUT2D eigenvalue weighted by Crippen LogP contribution is -2.21. The zero-order chi connectivity index (χ0) is 18.4. The molecule has 134 valence electrons. The summed E-state index contributed by atoms with van der Waals surface area (Å²) in [7, 11) is 1.63. The van der Waals surface area contributed by atoms with Crippen LogP contribution < -0.4 is 10.1 Å². The SMILES string of the molecule is CCCC(C(=O)Nc1cc(-c2ccccc2OC)[nH]n1)c1ccccc1. The summed E-state index contributed by atoms with van der Waals surface area (Å²) in [5, 5.41) is 10.1. The molecule has 0 radical (unpaired) electrons. The monoisotopic (exact) mass is 349 g/mol. The standard InChI is InChI=1S/C21H23N3O2/c1-3-9-16(15-10-5-4-6-11-15)21(25)22-20-14-18(23-24-20)17-12-7-8-13-19(17)26-2/h4-8,10-14,16H,3,9H2,1-2H3,(H2,22,23,24,25). The number of rotatable bonds is 7. The highest BCUT2D eigenvalue weighted by Gasteiger charge is 2.20. The Morgan fingerprint density at radius 2 is 1.88 bits per heavy atom. The molecule has 1 unspecified atom stereocenters. The van der Waals surface area contributed by atoms with E-state index in [1.54, 1.807) is 7.11 Å². The number of aromatic nitrogens is 2. The van der Waals surface area contributed by atoms with Crippen molar-refractivity contribution in [1.82, 2.24) is 10.2 Å². The molecule has 0 spiro atoms. The molecule has 0 saturated heterocycles. The van der Waals surface area contributed by atoms with Gasteiger partial charge in [-0.2, -0.15) is 5.10 Å². The van der Waals surface area contributed by atoms with Crippen LogP contribution in [-0.2, 0) is 4.79 Å². The number of methoxy groups -OCH3 is 1. The average Bonchev–Trinajstić information content (AvgIpc) is 3.14. The molecule has 1 heterocycles. The van der Waals surface area contributed by atoms with E-state index in [0.29, 0.717) is 5.82 Å². The van der Waals surface area contributed by atoms with Crippen molar-refractivity contribution in [3.63, 3.8) is 0 Å². The normalized spacial score (nSPS) is 11.8. The number of para-hydroxylation sites is 1. The van der Waals surface area contributed by atoms with Crippen molar-refractivity contribution >= 4 is 11.7 Å². The second-order valence-electron chi connectivity index (χ2n) is 6.11. The van der Waals surface area contributed by atoms with Gasteiger partial charge in [0.05, 0.1) is 18.7 Å². The molecule has 1 atom stereocenters. The summed E-state index contributed by atoms with van der Waals surface area (Å²) in [4.78, 5) is 12.8. The fourth-order valence-electron chi connectivity index (χ4n) is 3.03. The molecule has 3 rings (SSSR count). The average molecular weight is 349 g/mol. The van der Waals surface area contributed by atoms with Crippen LogP contribution in [0, 0.1) is 0 Å². The maximum atomic E-state index is 12.8. The fourth-order valence-corrected chi connectivity index (χ4v) is 3.03. The predicted molar refractivity (Wildman–Crippen MR) is 103 cm³/mol. The molecule has 5 nitrogen and oxygen atoms in total. The van der Waals surface area contributed by atoms with Gasteiger partial charge in [-0.05, 0) is 24.1 Å². The molecule has 1 amide bonds. The molecule has 0 aliphatic carbocycles. The van der Waals surface area contributed by atoms with Crippen LogP contribution in [0.15, 0.2) is 60.7 Å². The van der Waals surface area contributed by atoms with Gasteiger partial charge in [0, 0.05) is 11.6 Å². The second-order valence-corrected chi connectivity index (χ2v) is 6.11. The largest absolute Gasteiger partial charge is 0.496 e. The Kier molecular flexibility index (Phi) is 5.69. The van der Waals surface area contributed by atoms with Crippen molar-refractivity contribution in [2.24, 2.45) is 0 Å². The van der Waals surface area contributed by atoms with Crippen molar-refractivity contribution in [2.45, 2.75) is 25.7 Å². The number of H-pyrrole nitrogens is 1. The molecule has 0 saturated carbocycles. The zero-order valence-corrected chi connectivity index (χ0v) is 15.0. The van der Waals surface area contributed by atoms with Crippen molar-refractivity contribution in [3.8, 4) is 17.0 Å². The van der Waals surface area contributed by atoms with E-state index in [2.05, 4.69) is 22.4 Å². The second kappa shape index (κ2) is 8.34. The molecule has 0 aliphatic rings. The molecule has 2 N–H and O–H groups in total. The number of benzene rings is 2. The summed E-state index contributed by atoms with van der Waals surface area (Å²) in [5.41, 5.74) is 2.72. The number of nitrogens with zero attached hydrogens (tertiary/aromatic N) is 1. The summed E-state index contributed by atoms with van der Waals surface area (Å²) in [6.07, 6.45) is 1.72. The third kappa shape index (κ3) is 3.94. The number of hydrogen-bond acceptors (Lipinski definition) is 3. The van der Waals surface area contributed by atoms with Gasteiger partial charge < -0.3 is 10.1 Å². The number of hydrogen-bond donors (Lipinski definition) is 2. The molecule has 1 aromatic heterocycles. The van der Waals surface area contributed by atoms with Crippen LogP contribution in [0.3, 0.4) is 0 Å². The Hall–Kier alpha value is -3.08. The highest BCUT2D eigenvalue weighted by Crippen LogP contribution is 2.30. The first-order chi connectivity index (χ1) is 12.7. The highest BCUT2D eigenvalue weighted by atomic mass is 16.5. The number of ether oxygens (including phenoxy) is 1. The van der Waals surface area contributed by atoms with Gasteiger partial charge >= 0.3 is 0 Å². The summed E-state index contributed by atoms with van der Waals surface area (Å²) in [6.45, 7) is 2.08. The number of amides is 1. The first-order valence-corrected chi connectivity index (χ1v) is 8.77. The minimum atomic E-state index is -0.187. The van der Waals surface area contributed by atoms with Crippen molar-refractivity contribution in [2.75, 3.05) is 12.4 Å². The molecule has 26 heavy (non-hydrogen) atoms. The fraction of sp³-hybridized carbons (Fsp3) is 0.238. The molecule has 5 heteroatoms. The molecule has 0 fully saturated rings. The van der Waals surface area contributed by atoms with E-state index in [1.807, 2.05) is 60.7 Å². The molecular weight excluding hydrogens is 326 g/mol. The van der Waals surface area contributed by atoms with Crippen LogP contribution >= 0.6 is 0 Å². The molecule has 2 aromatic carbocycles. The first-order valence-electron chi connectivity index (χ1n) is 8.77. The van der Waals surface area contributed by atoms with Crippen LogP contribution in [0.2, 0.25) is 0 Å². The summed E-state index contributed by atoms with van der Waals surface area (Å²) in [5.74, 6) is 1.03. The van der Waals surface area contributed by atoms with E-state index in [-0.39, 0.29) is 11.8 Å². The Labute approximate surface area is 153 Å². The number of carbonyl (C=O) groups is 1. The minimum absolute atomic E-state index is 0.0453. The van der Waals surface area contributed by atoms with E-state index in [1.165, 1.54) is 0 Å². The van der Waals surface area contributed by atoms with Gasteiger partial charge in [-0.15, -0.1) is 0 Å². The van der Waals surface area contributed by atoms with Gasteiger partial charge in [0.15, 0.2) is 5.82 Å². The van der Waals surface area contributed by atoms with Gasteiger partial charge in [-0.3, -0.25) is 9.89 Å². The van der Waals surface area contributed by atoms with Gasteiger partial charge in [0.1, 0.15) is 5.75 Å². The van der Waals surface area contributed by atoms with E-state index >= 15 is 0 Å². The lowest BCUT2D eigenvalue weighted by molar-refractivity contribution is -0.117. The van der Waals surface area contributed by atoms with Gasteiger partial charge in [-0.25, -0.2) is 0 Å². The van der Waals surface area contributed by atoms with Gasteiger partial charge in [0.25, 0.3) is 0 Å². The van der Waals surface area contributed by atoms with Crippen molar-refractivity contribution < 1.29 is 9.53 Å². The number of carbonyl (C=O) groups excluding carboxylic acids is 1. The molecular formula is C21H23N3O2. The van der Waals surface area contributed by atoms with E-state index in [9.17, 15) is 4.79 Å². The van der Waals surface area contributed by atoms with Crippen molar-refractivity contribution in [3.05, 3.63) is 66.2 Å². The third-order valence-corrected chi connectivity index (χ3v) is 4.32. The van der Waals surface area contributed by atoms with Crippen molar-refractivity contribution in [1.29, 1.82) is 0 Å². The van der Waals surface area contributed by atoms with Crippen LogP contribution in [0.25, 0.3) is 11.3 Å². The van der Waals surface area contributed by atoms with Gasteiger partial charge in [-0.1, -0.05) is 55.8 Å². The Balaban J connectivity index is 1.78. The highest BCUT2D eigenvalue weighted by molar-refractivity contribution is 5.95. The lowest BCUT2D eigenvalue weighted by Gasteiger charge is -2.15. The summed E-state index contributed by atoms with van der Waals surface area (Å²) in [6, 6.07) is 19.4. The number of aromatic amines is 1. The predicted octanol–water partition coefficient (Wildman–Crippen LogP) is 4.61. The van der Waals surface area contributed by atoms with Crippen LogP contribution in [0.1, 0.15) is 31.2 Å². The van der Waals surface area contributed by atoms with E-state index in [4.69, 9.17) is 4.74 Å². The smallest absolute Gasteiger partial charge is 0.233 e. The topological polar surface area (TPSA) is 67.0 Å². The van der Waals surface area contributed by atoms with E-state index in [0.717, 1.165) is 35.4 Å². The van der Waals surface area contributed by atoms with Crippen LogP contribution in [-0.4, -0.2) is 23.2 Å². The molecule has 0 bridgehead atoms. The zero-order valence-electron chi connectivity index (χ0n) is 15.0. The Morgan fingerprint density at radius 1 is 1.15 bits per heavy atom. The Bertz CT molecular complexity index is 858. The van der Waals surface area contributed by atoms with Gasteiger partial charge in [0.2, 0.25) is 5.91 Å². The third-order valence-electron chi connectivity index (χ3n) is 4.32. The maximum absolute atomic E-state index is 12.8. The summed E-state index contributed by atoms with van der Waals surface area (Å²) < 4.78 is 5.38.